The molecule has 1 aliphatic heterocycles. The molecule has 2 N–H and O–H groups in total. The molecule has 1 aliphatic rings. The number of hydrogen-bond donors (Lipinski definition) is 2. The van der Waals surface area contributed by atoms with Gasteiger partial charge in [0.1, 0.15) is 0 Å². The van der Waals surface area contributed by atoms with Gasteiger partial charge in [-0.05, 0) is 19.5 Å². The molecule has 0 bridgehead atoms. The predicted octanol–water partition coefficient (Wildman–Crippen LogP) is 1.24. The Kier molecular flexibility index (Phi) is 6.02. The molecule has 0 amide bonds. The van der Waals surface area contributed by atoms with Gasteiger partial charge in [-0.15, -0.1) is 0 Å². The number of guanidine groups is 1. The van der Waals surface area contributed by atoms with E-state index in [0.717, 1.165) is 32.2 Å². The largest absolute Gasteiger partial charge is 0.374 e. The number of aliphatic imine (C=N–C) groups is 1. The van der Waals surface area contributed by atoms with Gasteiger partial charge < -0.3 is 20.3 Å². The fourth-order valence-corrected chi connectivity index (χ4v) is 2.43. The van der Waals surface area contributed by atoms with E-state index in [-0.39, 0.29) is 12.1 Å². The van der Waals surface area contributed by atoms with Crippen LogP contribution in [0.2, 0.25) is 0 Å². The van der Waals surface area contributed by atoms with Gasteiger partial charge >= 0.3 is 0 Å². The van der Waals surface area contributed by atoms with E-state index < -0.39 is 0 Å². The molecule has 0 radical (unpaired) electrons. The molecule has 0 aliphatic carbocycles. The molecule has 5 heteroatoms. The van der Waals surface area contributed by atoms with Crippen LogP contribution in [0.5, 0.6) is 0 Å². The third kappa shape index (κ3) is 5.02. The van der Waals surface area contributed by atoms with Gasteiger partial charge in [0.05, 0.1) is 18.8 Å². The van der Waals surface area contributed by atoms with Crippen LogP contribution >= 0.6 is 0 Å². The quantitative estimate of drug-likeness (QED) is 0.647. The van der Waals surface area contributed by atoms with E-state index in [0.29, 0.717) is 0 Å². The summed E-state index contributed by atoms with van der Waals surface area (Å²) in [5.74, 6) is 0.808. The minimum atomic E-state index is 0.215. The average molecular weight is 290 g/mol. The van der Waals surface area contributed by atoms with Crippen molar-refractivity contribution in [1.29, 1.82) is 0 Å². The fourth-order valence-electron chi connectivity index (χ4n) is 2.43. The van der Waals surface area contributed by atoms with Crippen molar-refractivity contribution in [2.24, 2.45) is 4.99 Å². The number of hydrogen-bond acceptors (Lipinski definition) is 3. The first-order valence-electron chi connectivity index (χ1n) is 7.51. The Hall–Kier alpha value is -1.59. The summed E-state index contributed by atoms with van der Waals surface area (Å²) in [6.07, 6.45) is 0.217. The summed E-state index contributed by atoms with van der Waals surface area (Å²) in [7, 11) is 3.92. The van der Waals surface area contributed by atoms with Crippen LogP contribution in [0.25, 0.3) is 0 Å². The van der Waals surface area contributed by atoms with Crippen molar-refractivity contribution in [2.45, 2.75) is 19.1 Å². The lowest BCUT2D eigenvalue weighted by atomic mass is 10.1. The number of nitrogens with one attached hydrogen (secondary N) is 2. The zero-order valence-corrected chi connectivity index (χ0v) is 13.2. The zero-order valence-electron chi connectivity index (χ0n) is 13.2. The third-order valence-corrected chi connectivity index (χ3v) is 3.72. The molecule has 0 saturated carbocycles. The van der Waals surface area contributed by atoms with E-state index in [1.165, 1.54) is 5.56 Å². The lowest BCUT2D eigenvalue weighted by Crippen LogP contribution is -2.48. The van der Waals surface area contributed by atoms with Crippen molar-refractivity contribution in [2.75, 3.05) is 40.3 Å². The third-order valence-electron chi connectivity index (χ3n) is 3.72. The monoisotopic (exact) mass is 290 g/mol. The van der Waals surface area contributed by atoms with Crippen molar-refractivity contribution in [3.05, 3.63) is 35.9 Å². The van der Waals surface area contributed by atoms with Gasteiger partial charge in [0.2, 0.25) is 0 Å². The first-order chi connectivity index (χ1) is 10.2. The number of benzene rings is 1. The van der Waals surface area contributed by atoms with Crippen molar-refractivity contribution in [3.63, 3.8) is 0 Å². The predicted molar refractivity (Wildman–Crippen MR) is 86.6 cm³/mol. The summed E-state index contributed by atoms with van der Waals surface area (Å²) in [5, 5.41) is 6.75. The second kappa shape index (κ2) is 8.00. The topological polar surface area (TPSA) is 48.9 Å². The maximum Gasteiger partial charge on any atom is 0.191 e. The molecule has 0 spiro atoms. The van der Waals surface area contributed by atoms with Crippen LogP contribution < -0.4 is 10.6 Å². The molecule has 1 saturated heterocycles. The van der Waals surface area contributed by atoms with Crippen molar-refractivity contribution in [3.8, 4) is 0 Å². The smallest absolute Gasteiger partial charge is 0.191 e. The van der Waals surface area contributed by atoms with Gasteiger partial charge in [0, 0.05) is 26.7 Å². The van der Waals surface area contributed by atoms with Crippen LogP contribution in [0.3, 0.4) is 0 Å². The second-order valence-corrected chi connectivity index (χ2v) is 5.48. The number of likely N-dealkylation sites (N-methyl/N-ethyl adjacent to an activating group) is 1. The van der Waals surface area contributed by atoms with Crippen LogP contribution in [0, 0.1) is 0 Å². The molecule has 0 aromatic heterocycles. The van der Waals surface area contributed by atoms with Gasteiger partial charge in [-0.1, -0.05) is 30.3 Å². The Balaban J connectivity index is 1.80. The molecule has 2 atom stereocenters. The molecule has 1 fully saturated rings. The van der Waals surface area contributed by atoms with Crippen LogP contribution in [0.1, 0.15) is 18.5 Å². The molecule has 21 heavy (non-hydrogen) atoms. The summed E-state index contributed by atoms with van der Waals surface area (Å²) < 4.78 is 5.75. The normalized spacial score (nSPS) is 21.9. The summed E-state index contributed by atoms with van der Waals surface area (Å²) in [4.78, 5) is 6.57. The number of morpholine rings is 1. The maximum absolute atomic E-state index is 5.75. The van der Waals surface area contributed by atoms with Crippen LogP contribution in [-0.4, -0.2) is 57.3 Å². The first-order valence-corrected chi connectivity index (χ1v) is 7.51. The van der Waals surface area contributed by atoms with Crippen LogP contribution in [-0.2, 0) is 4.74 Å². The van der Waals surface area contributed by atoms with Crippen LogP contribution in [0.4, 0.5) is 0 Å². The Morgan fingerprint density at radius 1 is 1.43 bits per heavy atom. The number of rotatable bonds is 4. The molecule has 5 nitrogen and oxygen atoms in total. The SMILES string of the molecule is CN=C(NCC1CN(C)CCO1)NC(C)c1ccccc1. The summed E-state index contributed by atoms with van der Waals surface area (Å²) in [5.41, 5.74) is 1.24. The van der Waals surface area contributed by atoms with Gasteiger partial charge in [-0.25, -0.2) is 0 Å². The minimum Gasteiger partial charge on any atom is -0.374 e. The number of nitrogens with zero attached hydrogens (tertiary/aromatic N) is 2. The maximum atomic E-state index is 5.75. The molecular formula is C16H26N4O. The molecule has 2 unspecified atom stereocenters. The Morgan fingerprint density at radius 3 is 2.86 bits per heavy atom. The highest BCUT2D eigenvalue weighted by Gasteiger charge is 2.18. The standard InChI is InChI=1S/C16H26N4O/c1-13(14-7-5-4-6-8-14)19-16(17-2)18-11-15-12-20(3)9-10-21-15/h4-8,13,15H,9-12H2,1-3H3,(H2,17,18,19). The Bertz CT molecular complexity index is 449. The summed E-state index contributed by atoms with van der Waals surface area (Å²) in [6.45, 7) is 5.67. The fraction of sp³-hybridized carbons (Fsp3) is 0.562. The molecule has 1 aromatic carbocycles. The van der Waals surface area contributed by atoms with Crippen molar-refractivity contribution < 1.29 is 4.74 Å². The Morgan fingerprint density at radius 2 is 2.19 bits per heavy atom. The highest BCUT2D eigenvalue weighted by molar-refractivity contribution is 5.80. The van der Waals surface area contributed by atoms with E-state index in [1.807, 2.05) is 6.07 Å². The highest BCUT2D eigenvalue weighted by Crippen LogP contribution is 2.10. The van der Waals surface area contributed by atoms with Crippen molar-refractivity contribution >= 4 is 5.96 Å². The summed E-state index contributed by atoms with van der Waals surface area (Å²) in [6, 6.07) is 10.6. The molecular weight excluding hydrogens is 264 g/mol. The van der Waals surface area contributed by atoms with Gasteiger partial charge in [0.25, 0.3) is 0 Å². The van der Waals surface area contributed by atoms with Gasteiger partial charge in [-0.3, -0.25) is 4.99 Å². The lowest BCUT2D eigenvalue weighted by molar-refractivity contribution is -0.0161. The van der Waals surface area contributed by atoms with Gasteiger partial charge in [0.15, 0.2) is 5.96 Å². The second-order valence-electron chi connectivity index (χ2n) is 5.48. The van der Waals surface area contributed by atoms with E-state index in [9.17, 15) is 0 Å². The van der Waals surface area contributed by atoms with E-state index in [2.05, 4.69) is 58.8 Å². The zero-order chi connectivity index (χ0) is 15.1. The molecule has 116 valence electrons. The number of ether oxygens (including phenoxy) is 1. The van der Waals surface area contributed by atoms with Gasteiger partial charge in [-0.2, -0.15) is 0 Å². The van der Waals surface area contributed by atoms with Crippen molar-refractivity contribution in [1.82, 2.24) is 15.5 Å². The highest BCUT2D eigenvalue weighted by atomic mass is 16.5. The lowest BCUT2D eigenvalue weighted by Gasteiger charge is -2.30. The summed E-state index contributed by atoms with van der Waals surface area (Å²) >= 11 is 0. The minimum absolute atomic E-state index is 0.215. The average Bonchev–Trinajstić information content (AvgIpc) is 2.52. The Labute approximate surface area is 127 Å². The van der Waals surface area contributed by atoms with Crippen LogP contribution in [0.15, 0.2) is 35.3 Å². The van der Waals surface area contributed by atoms with E-state index in [1.54, 1.807) is 7.05 Å². The van der Waals surface area contributed by atoms with E-state index in [4.69, 9.17) is 4.74 Å². The molecule has 2 rings (SSSR count). The van der Waals surface area contributed by atoms with E-state index >= 15 is 0 Å². The first kappa shape index (κ1) is 15.8. The molecule has 1 heterocycles. The molecule has 1 aromatic rings.